The molecule has 0 fully saturated rings. The van der Waals surface area contributed by atoms with Crippen LogP contribution in [0.25, 0.3) is 0 Å². The number of rotatable bonds is 2. The van der Waals surface area contributed by atoms with Crippen molar-refractivity contribution in [2.75, 3.05) is 0 Å². The molecule has 0 aromatic rings. The zero-order valence-corrected chi connectivity index (χ0v) is 5.50. The van der Waals surface area contributed by atoms with Gasteiger partial charge in [-0.25, -0.2) is 4.39 Å². The molecule has 0 saturated carbocycles. The van der Waals surface area contributed by atoms with Gasteiger partial charge >= 0.3 is 0 Å². The monoisotopic (exact) mass is 134 g/mol. The van der Waals surface area contributed by atoms with Gasteiger partial charge in [-0.15, -0.1) is 0 Å². The molecular formula is C6H8ClF. The van der Waals surface area contributed by atoms with E-state index in [-0.39, 0.29) is 5.03 Å². The van der Waals surface area contributed by atoms with E-state index < -0.39 is 5.83 Å². The molecule has 0 rings (SSSR count). The van der Waals surface area contributed by atoms with E-state index in [0.29, 0.717) is 6.42 Å². The zero-order chi connectivity index (χ0) is 6.57. The van der Waals surface area contributed by atoms with E-state index in [2.05, 4.69) is 6.58 Å². The third kappa shape index (κ3) is 2.12. The molecule has 0 radical (unpaired) electrons. The van der Waals surface area contributed by atoms with Gasteiger partial charge in [0.05, 0.1) is 5.03 Å². The average molecular weight is 135 g/mol. The molecule has 0 aliphatic rings. The fraction of sp³-hybridized carbons (Fsp3) is 0.333. The van der Waals surface area contributed by atoms with Gasteiger partial charge in [-0.3, -0.25) is 0 Å². The number of hydrogen-bond acceptors (Lipinski definition) is 0. The first-order valence-electron chi connectivity index (χ1n) is 2.39. The van der Waals surface area contributed by atoms with Gasteiger partial charge < -0.3 is 0 Å². The van der Waals surface area contributed by atoms with Gasteiger partial charge in [0.15, 0.2) is 0 Å². The second-order valence-electron chi connectivity index (χ2n) is 1.31. The maximum Gasteiger partial charge on any atom is 0.137 e. The first kappa shape index (κ1) is 7.70. The summed E-state index contributed by atoms with van der Waals surface area (Å²) in [6.07, 6.45) is 1.63. The Hall–Kier alpha value is -0.300. The minimum absolute atomic E-state index is 0.236. The van der Waals surface area contributed by atoms with Gasteiger partial charge in [0, 0.05) is 0 Å². The van der Waals surface area contributed by atoms with Gasteiger partial charge in [-0.2, -0.15) is 0 Å². The molecule has 0 heterocycles. The molecule has 46 valence electrons. The van der Waals surface area contributed by atoms with E-state index in [0.717, 1.165) is 6.08 Å². The van der Waals surface area contributed by atoms with Crippen molar-refractivity contribution in [1.82, 2.24) is 0 Å². The van der Waals surface area contributed by atoms with Crippen molar-refractivity contribution in [2.24, 2.45) is 0 Å². The van der Waals surface area contributed by atoms with Crippen LogP contribution in [0.2, 0.25) is 0 Å². The van der Waals surface area contributed by atoms with Gasteiger partial charge in [-0.05, 0) is 12.5 Å². The normalized spacial score (nSPS) is 12.9. The highest BCUT2D eigenvalue weighted by Gasteiger charge is 1.93. The summed E-state index contributed by atoms with van der Waals surface area (Å²) in [4.78, 5) is 0. The van der Waals surface area contributed by atoms with E-state index in [1.807, 2.05) is 0 Å². The summed E-state index contributed by atoms with van der Waals surface area (Å²) in [5.41, 5.74) is 0. The summed E-state index contributed by atoms with van der Waals surface area (Å²) >= 11 is 5.35. The summed E-state index contributed by atoms with van der Waals surface area (Å²) < 4.78 is 12.2. The predicted molar refractivity (Wildman–Crippen MR) is 34.5 cm³/mol. The number of hydrogen-bond donors (Lipinski definition) is 0. The quantitative estimate of drug-likeness (QED) is 0.510. The Kier molecular flexibility index (Phi) is 3.53. The molecule has 0 N–H and O–H groups in total. The van der Waals surface area contributed by atoms with Crippen molar-refractivity contribution in [3.8, 4) is 0 Å². The number of halogens is 2. The van der Waals surface area contributed by atoms with E-state index in [1.54, 1.807) is 6.92 Å². The molecule has 2 heteroatoms. The van der Waals surface area contributed by atoms with Crippen molar-refractivity contribution >= 4 is 11.6 Å². The Balaban J connectivity index is 4.03. The van der Waals surface area contributed by atoms with Crippen molar-refractivity contribution < 1.29 is 4.39 Å². The molecule has 0 spiro atoms. The van der Waals surface area contributed by atoms with Crippen LogP contribution in [0.3, 0.4) is 0 Å². The van der Waals surface area contributed by atoms with Gasteiger partial charge in [0.2, 0.25) is 0 Å². The molecule has 0 saturated heterocycles. The van der Waals surface area contributed by atoms with Crippen LogP contribution in [0.5, 0.6) is 0 Å². The SMILES string of the molecule is C=C/C(F)=C(/Cl)CC. The van der Waals surface area contributed by atoms with Crippen LogP contribution in [-0.2, 0) is 0 Å². The van der Waals surface area contributed by atoms with Crippen molar-refractivity contribution in [3.63, 3.8) is 0 Å². The van der Waals surface area contributed by atoms with Crippen molar-refractivity contribution in [3.05, 3.63) is 23.5 Å². The molecule has 0 aromatic heterocycles. The molecule has 0 aliphatic heterocycles. The van der Waals surface area contributed by atoms with Crippen LogP contribution in [0, 0.1) is 0 Å². The Morgan fingerprint density at radius 2 is 2.38 bits per heavy atom. The highest BCUT2D eigenvalue weighted by Crippen LogP contribution is 2.14. The molecule has 0 aromatic carbocycles. The van der Waals surface area contributed by atoms with E-state index in [9.17, 15) is 4.39 Å². The topological polar surface area (TPSA) is 0 Å². The van der Waals surface area contributed by atoms with Crippen LogP contribution < -0.4 is 0 Å². The second kappa shape index (κ2) is 3.67. The number of allylic oxidation sites excluding steroid dienone is 3. The summed E-state index contributed by atoms with van der Waals surface area (Å²) in [6.45, 7) is 5.00. The Labute approximate surface area is 53.7 Å². The Bertz CT molecular complexity index is 116. The van der Waals surface area contributed by atoms with Gasteiger partial charge in [0.25, 0.3) is 0 Å². The largest absolute Gasteiger partial charge is 0.206 e. The van der Waals surface area contributed by atoms with Crippen LogP contribution in [0.1, 0.15) is 13.3 Å². The molecule has 0 atom stereocenters. The maximum atomic E-state index is 12.2. The lowest BCUT2D eigenvalue weighted by molar-refractivity contribution is 0.658. The first-order valence-corrected chi connectivity index (χ1v) is 2.76. The predicted octanol–water partition coefficient (Wildman–Crippen LogP) is 3.00. The fourth-order valence-corrected chi connectivity index (χ4v) is 0.357. The maximum absolute atomic E-state index is 12.2. The third-order valence-electron chi connectivity index (χ3n) is 0.749. The molecule has 8 heavy (non-hydrogen) atoms. The third-order valence-corrected chi connectivity index (χ3v) is 1.20. The Morgan fingerprint density at radius 1 is 1.88 bits per heavy atom. The summed E-state index contributed by atoms with van der Waals surface area (Å²) in [5, 5.41) is 0.236. The minimum Gasteiger partial charge on any atom is -0.206 e. The van der Waals surface area contributed by atoms with E-state index in [4.69, 9.17) is 11.6 Å². The lowest BCUT2D eigenvalue weighted by Crippen LogP contribution is -1.70. The average Bonchev–Trinajstić information content (AvgIpc) is 1.84. The second-order valence-corrected chi connectivity index (χ2v) is 1.77. The van der Waals surface area contributed by atoms with Crippen LogP contribution in [-0.4, -0.2) is 0 Å². The highest BCUT2D eigenvalue weighted by molar-refractivity contribution is 6.29. The smallest absolute Gasteiger partial charge is 0.137 e. The lowest BCUT2D eigenvalue weighted by Gasteiger charge is -1.89. The zero-order valence-electron chi connectivity index (χ0n) is 4.75. The van der Waals surface area contributed by atoms with Crippen molar-refractivity contribution in [2.45, 2.75) is 13.3 Å². The van der Waals surface area contributed by atoms with Crippen LogP contribution in [0.15, 0.2) is 23.5 Å². The van der Waals surface area contributed by atoms with Gasteiger partial charge in [-0.1, -0.05) is 25.1 Å². The van der Waals surface area contributed by atoms with Gasteiger partial charge in [0.1, 0.15) is 5.83 Å². The minimum atomic E-state index is -0.422. The summed E-state index contributed by atoms with van der Waals surface area (Å²) in [6, 6.07) is 0. The molecular weight excluding hydrogens is 127 g/mol. The van der Waals surface area contributed by atoms with E-state index in [1.165, 1.54) is 0 Å². The molecule has 0 aliphatic carbocycles. The fourth-order valence-electron chi connectivity index (χ4n) is 0.280. The lowest BCUT2D eigenvalue weighted by atomic mass is 10.4. The molecule has 0 amide bonds. The summed E-state index contributed by atoms with van der Waals surface area (Å²) in [5.74, 6) is -0.422. The van der Waals surface area contributed by atoms with E-state index >= 15 is 0 Å². The van der Waals surface area contributed by atoms with Crippen LogP contribution >= 0.6 is 11.6 Å². The Morgan fingerprint density at radius 3 is 2.50 bits per heavy atom. The highest BCUT2D eigenvalue weighted by atomic mass is 35.5. The molecule has 0 nitrogen and oxygen atoms in total. The first-order chi connectivity index (χ1) is 3.72. The standard InChI is InChI=1S/C6H8ClF/c1-3-5(7)6(8)4-2/h4H,2-3H2,1H3/b6-5-. The summed E-state index contributed by atoms with van der Waals surface area (Å²) in [7, 11) is 0. The van der Waals surface area contributed by atoms with Crippen LogP contribution in [0.4, 0.5) is 4.39 Å². The molecule has 0 unspecified atom stereocenters. The molecule has 0 bridgehead atoms. The van der Waals surface area contributed by atoms with Crippen molar-refractivity contribution in [1.29, 1.82) is 0 Å².